The van der Waals surface area contributed by atoms with Gasteiger partial charge >= 0.3 is 0 Å². The molecule has 24 heteroatoms. The van der Waals surface area contributed by atoms with Crippen LogP contribution in [0.5, 0.6) is 0 Å². The number of piperidine rings is 6. The molecule has 0 unspecified atom stereocenters. The molecule has 0 saturated carbocycles. The molecular formula is C100H188N18O6. The molecule has 2 aromatic rings. The van der Waals surface area contributed by atoms with Crippen molar-refractivity contribution in [2.24, 2.45) is 0 Å². The lowest BCUT2D eigenvalue weighted by Gasteiger charge is -2.56. The van der Waals surface area contributed by atoms with Crippen molar-refractivity contribution < 1.29 is 29.0 Å². The van der Waals surface area contributed by atoms with E-state index >= 15 is 0 Å². The largest absolute Gasteiger partial charge is 0.352 e. The first-order valence-electron chi connectivity index (χ1n) is 50.2. The van der Waals surface area contributed by atoms with Gasteiger partial charge in [0.15, 0.2) is 0 Å². The monoisotopic (exact) mass is 1740 g/mol. The van der Waals surface area contributed by atoms with E-state index in [1.165, 1.54) is 0 Å². The van der Waals surface area contributed by atoms with Gasteiger partial charge in [0.25, 0.3) is 0 Å². The molecule has 0 bridgehead atoms. The van der Waals surface area contributed by atoms with Gasteiger partial charge in [-0.1, -0.05) is 107 Å². The minimum Gasteiger partial charge on any atom is -0.352 e. The zero-order valence-electron chi connectivity index (χ0n) is 86.2. The second-order valence-corrected chi connectivity index (χ2v) is 46.0. The van der Waals surface area contributed by atoms with Crippen molar-refractivity contribution in [3.8, 4) is 12.0 Å². The van der Waals surface area contributed by atoms with Crippen molar-refractivity contribution in [2.75, 3.05) is 102 Å². The molecule has 124 heavy (non-hydrogen) atoms. The molecule has 0 N–H and O–H groups in total. The van der Waals surface area contributed by atoms with Crippen LogP contribution in [-0.2, 0) is 29.0 Å². The number of nitrogens with zero attached hydrogens (tertiary/aromatic N) is 18. The second kappa shape index (κ2) is 43.9. The van der Waals surface area contributed by atoms with Crippen molar-refractivity contribution >= 4 is 35.7 Å². The van der Waals surface area contributed by atoms with Crippen molar-refractivity contribution in [1.29, 1.82) is 0 Å². The topological polar surface area (TPSA) is 172 Å². The summed E-state index contributed by atoms with van der Waals surface area (Å²) in [4.78, 5) is 92.3. The van der Waals surface area contributed by atoms with Gasteiger partial charge in [-0.05, 0) is 314 Å². The molecule has 0 amide bonds. The molecule has 0 radical (unpaired) electrons. The minimum atomic E-state index is -0.412. The Balaban J connectivity index is 1.30. The van der Waals surface area contributed by atoms with Crippen LogP contribution in [0.4, 0.5) is 35.7 Å². The van der Waals surface area contributed by atoms with Crippen molar-refractivity contribution in [3.63, 3.8) is 0 Å². The maximum absolute atomic E-state index is 6.87. The number of unbranched alkanes of at least 4 members (excludes halogenated alkanes) is 7. The number of aromatic nitrogens is 6. The average Bonchev–Trinajstić information content (AvgIpc) is 0.743. The van der Waals surface area contributed by atoms with Crippen LogP contribution in [0.15, 0.2) is 0 Å². The molecule has 8 rings (SSSR count). The molecule has 6 fully saturated rings. The Labute approximate surface area is 759 Å². The summed E-state index contributed by atoms with van der Waals surface area (Å²) < 4.78 is 0. The van der Waals surface area contributed by atoms with E-state index in [1.54, 1.807) is 0 Å². The van der Waals surface area contributed by atoms with E-state index < -0.39 is 11.1 Å². The highest BCUT2D eigenvalue weighted by atomic mass is 16.7. The highest BCUT2D eigenvalue weighted by molar-refractivity contribution is 5.51. The summed E-state index contributed by atoms with van der Waals surface area (Å²) in [5.74, 6) is 7.77. The summed E-state index contributed by atoms with van der Waals surface area (Å²) >= 11 is 0. The van der Waals surface area contributed by atoms with Gasteiger partial charge in [0, 0.05) is 138 Å². The quantitative estimate of drug-likeness (QED) is 0.0452. The molecule has 6 aliphatic heterocycles. The highest BCUT2D eigenvalue weighted by Gasteiger charge is 2.56. The Morgan fingerprint density at radius 1 is 0.234 bits per heavy atom. The van der Waals surface area contributed by atoms with Crippen LogP contribution < -0.4 is 29.4 Å². The lowest BCUT2D eigenvalue weighted by atomic mass is 9.78. The fourth-order valence-corrected chi connectivity index (χ4v) is 23.9. The molecule has 24 nitrogen and oxygen atoms in total. The fourth-order valence-electron chi connectivity index (χ4n) is 23.9. The van der Waals surface area contributed by atoms with Crippen LogP contribution in [-0.4, -0.2) is 235 Å². The number of rotatable bonds is 47. The van der Waals surface area contributed by atoms with Crippen molar-refractivity contribution in [2.45, 2.75) is 524 Å². The molecule has 0 atom stereocenters. The smallest absolute Gasteiger partial charge is 0.232 e. The molecule has 0 aromatic carbocycles. The van der Waals surface area contributed by atoms with Crippen molar-refractivity contribution in [1.82, 2.24) is 60.3 Å². The summed E-state index contributed by atoms with van der Waals surface area (Å²) in [5, 5.41) is 13.8. The van der Waals surface area contributed by atoms with Gasteiger partial charge in [0.2, 0.25) is 35.7 Å². The van der Waals surface area contributed by atoms with E-state index in [0.29, 0.717) is 33.0 Å². The predicted molar refractivity (Wildman–Crippen MR) is 516 cm³/mol. The molecule has 0 aliphatic carbocycles. The summed E-state index contributed by atoms with van der Waals surface area (Å²) in [6, 6.07) is 0.655. The second-order valence-electron chi connectivity index (χ2n) is 46.0. The van der Waals surface area contributed by atoms with E-state index in [1.807, 2.05) is 6.92 Å². The van der Waals surface area contributed by atoms with E-state index in [4.69, 9.17) is 58.9 Å². The Morgan fingerprint density at radius 3 is 0.532 bits per heavy atom. The minimum absolute atomic E-state index is 0.0397. The Morgan fingerprint density at radius 2 is 0.387 bits per heavy atom. The van der Waals surface area contributed by atoms with E-state index in [9.17, 15) is 0 Å². The standard InChI is InChI=1S/C100H188N18O6/c1-35-45-53-107(77-65-89(11,12)113(119-59-39-5)90(13,14)66-77)83-101-84(108(54-46-36-2)78-67-91(15,16)114(120-60-40-6)92(17,18)68-78)104-87(103-83)111(81-73-97(27,28)117(123-63-43-9)98(29,30)74-81)57-51-49-50-52-58-112(82-75-99(31,32)118(124-64-44-10)100(33,34)76-82)88-105-85(109(55-47-37-3)79-69-93(19,20)115(121-61-41-7)94(21,22)70-79)102-86(106-88)110(56-48-38-4)80-71-95(23,24)116(122-62-42-8)96(25,26)72-80/h77-82H,35-43,45-63,65-76H2,1-34H3. The van der Waals surface area contributed by atoms with E-state index in [2.05, 4.69) is 300 Å². The molecule has 6 saturated heterocycles. The zero-order chi connectivity index (χ0) is 92.0. The fraction of sp³-hybridized carbons (Fsp3) is 0.920. The highest BCUT2D eigenvalue weighted by Crippen LogP contribution is 2.50. The molecule has 714 valence electrons. The molecule has 6 aliphatic rings. The third kappa shape index (κ3) is 25.9. The number of hydrogen-bond acceptors (Lipinski definition) is 24. The maximum Gasteiger partial charge on any atom is 0.232 e. The van der Waals surface area contributed by atoms with Crippen LogP contribution in [0.2, 0.25) is 0 Å². The maximum atomic E-state index is 6.87. The van der Waals surface area contributed by atoms with E-state index in [-0.39, 0.29) is 91.6 Å². The lowest BCUT2D eigenvalue weighted by molar-refractivity contribution is -0.282. The van der Waals surface area contributed by atoms with Gasteiger partial charge in [-0.3, -0.25) is 24.2 Å². The lowest BCUT2D eigenvalue weighted by Crippen LogP contribution is -2.65. The van der Waals surface area contributed by atoms with Crippen molar-refractivity contribution in [3.05, 3.63) is 0 Å². The van der Waals surface area contributed by atoms with Gasteiger partial charge in [0.05, 0.1) is 44.1 Å². The van der Waals surface area contributed by atoms with Gasteiger partial charge in [0.1, 0.15) is 6.11 Å². The summed E-state index contributed by atoms with van der Waals surface area (Å²) in [6.45, 7) is 87.5. The number of hydrogen-bond donors (Lipinski definition) is 0. The number of hydroxylamine groups is 12. The Hall–Kier alpha value is -4.26. The summed E-state index contributed by atoms with van der Waals surface area (Å²) in [7, 11) is 0. The molecule has 2 aromatic heterocycles. The third-order valence-corrected chi connectivity index (χ3v) is 27.7. The SMILES string of the molecule is CC#CON1C(C)(C)CC(N(CCCCCCN(c2nc(N(CCCC)C3CC(C)(C)N(OCCC)C(C)(C)C3)nc(N(CCCC)C3CC(C)(C)N(OCCC)C(C)(C)C3)n2)C2CC(C)(C)N(OCCC)C(C)(C)C2)c2nc(N(CCCC)C3CC(C)(C)N(OCCC)C(C)(C)C3)nc(N(CCCC)C3CC(C)(C)N(OCCC)C(C)(C)C3)n2)CC1(C)C. The number of anilines is 6. The first-order chi connectivity index (χ1) is 58.0. The molecular weight excluding hydrogens is 1550 g/mol. The van der Waals surface area contributed by atoms with Crippen LogP contribution in [0.3, 0.4) is 0 Å². The Bertz CT molecular complexity index is 3360. The first-order valence-corrected chi connectivity index (χ1v) is 50.2. The third-order valence-electron chi connectivity index (χ3n) is 27.7. The summed E-state index contributed by atoms with van der Waals surface area (Å²) in [6.07, 6.45) is 30.5. The van der Waals surface area contributed by atoms with Crippen LogP contribution in [0.1, 0.15) is 422 Å². The Kier molecular flexibility index (Phi) is 37.2. The normalized spacial score (nSPS) is 23.1. The van der Waals surface area contributed by atoms with Crippen LogP contribution in [0, 0.1) is 12.0 Å². The average molecular weight is 1740 g/mol. The van der Waals surface area contributed by atoms with Gasteiger partial charge < -0.3 is 34.2 Å². The summed E-state index contributed by atoms with van der Waals surface area (Å²) in [5.41, 5.74) is -3.61. The zero-order valence-corrected chi connectivity index (χ0v) is 86.2. The molecule has 0 spiro atoms. The predicted octanol–water partition coefficient (Wildman–Crippen LogP) is 22.1. The van der Waals surface area contributed by atoms with Gasteiger partial charge in [-0.2, -0.15) is 55.2 Å². The van der Waals surface area contributed by atoms with E-state index in [0.717, 1.165) is 261 Å². The van der Waals surface area contributed by atoms with Gasteiger partial charge in [-0.25, -0.2) is 0 Å². The van der Waals surface area contributed by atoms with Crippen LogP contribution >= 0.6 is 0 Å². The van der Waals surface area contributed by atoms with Gasteiger partial charge in [-0.15, -0.1) is 5.06 Å². The van der Waals surface area contributed by atoms with Crippen LogP contribution in [0.25, 0.3) is 0 Å². The first kappa shape index (κ1) is 105. The molecule has 8 heterocycles.